The zero-order chi connectivity index (χ0) is 22.3. The summed E-state index contributed by atoms with van der Waals surface area (Å²) < 4.78 is 5.28. The molecule has 0 amide bonds. The lowest BCUT2D eigenvalue weighted by atomic mass is 10.1. The van der Waals surface area contributed by atoms with Crippen LogP contribution in [0.1, 0.15) is 33.6 Å². The standard InChI is InChI=1S/C22H25N5O4/c1-4-7-13-26-18(28)15(14-11-9-8-10-12-14)19(29)27-16-17(23-21(26)27)24(5-2)22(31)25(6-3)20(16)30/h8-12,28H,4-7,13H2,1-3H3. The van der Waals surface area contributed by atoms with E-state index in [-0.39, 0.29) is 34.9 Å². The van der Waals surface area contributed by atoms with Crippen molar-refractivity contribution in [3.8, 4) is 17.0 Å². The van der Waals surface area contributed by atoms with Crippen LogP contribution >= 0.6 is 0 Å². The number of benzene rings is 1. The number of imidazole rings is 1. The molecule has 9 heteroatoms. The van der Waals surface area contributed by atoms with Crippen molar-refractivity contribution in [2.75, 3.05) is 0 Å². The first kappa shape index (κ1) is 20.6. The molecule has 9 nitrogen and oxygen atoms in total. The van der Waals surface area contributed by atoms with Crippen molar-refractivity contribution in [1.82, 2.24) is 23.1 Å². The minimum atomic E-state index is -0.566. The number of hydrogen-bond acceptors (Lipinski definition) is 5. The van der Waals surface area contributed by atoms with Crippen LogP contribution in [0.15, 0.2) is 44.7 Å². The first-order valence-corrected chi connectivity index (χ1v) is 10.5. The first-order valence-electron chi connectivity index (χ1n) is 10.5. The molecule has 0 unspecified atom stereocenters. The van der Waals surface area contributed by atoms with Gasteiger partial charge in [-0.05, 0) is 25.8 Å². The predicted octanol–water partition coefficient (Wildman–Crippen LogP) is 2.19. The van der Waals surface area contributed by atoms with Crippen LogP contribution in [0.3, 0.4) is 0 Å². The van der Waals surface area contributed by atoms with E-state index >= 15 is 0 Å². The van der Waals surface area contributed by atoms with E-state index < -0.39 is 16.8 Å². The molecule has 0 aliphatic rings. The van der Waals surface area contributed by atoms with Gasteiger partial charge in [-0.2, -0.15) is 4.98 Å². The Balaban J connectivity index is 2.29. The minimum absolute atomic E-state index is 0.0470. The van der Waals surface area contributed by atoms with E-state index in [0.717, 1.165) is 17.4 Å². The van der Waals surface area contributed by atoms with Crippen LogP contribution < -0.4 is 16.8 Å². The molecule has 0 bridgehead atoms. The van der Waals surface area contributed by atoms with E-state index in [0.29, 0.717) is 18.7 Å². The molecule has 0 saturated heterocycles. The number of unbranched alkanes of at least 4 members (excludes halogenated alkanes) is 1. The third kappa shape index (κ3) is 2.99. The van der Waals surface area contributed by atoms with E-state index in [9.17, 15) is 19.5 Å². The summed E-state index contributed by atoms with van der Waals surface area (Å²) >= 11 is 0. The van der Waals surface area contributed by atoms with E-state index in [1.807, 2.05) is 13.0 Å². The van der Waals surface area contributed by atoms with E-state index in [1.165, 1.54) is 8.97 Å². The van der Waals surface area contributed by atoms with Crippen LogP contribution in [0.2, 0.25) is 0 Å². The van der Waals surface area contributed by atoms with Crippen LogP contribution in [0.4, 0.5) is 0 Å². The molecule has 0 spiro atoms. The molecule has 0 aliphatic carbocycles. The second-order valence-electron chi connectivity index (χ2n) is 7.37. The molecule has 4 aromatic rings. The Bertz CT molecular complexity index is 1460. The zero-order valence-corrected chi connectivity index (χ0v) is 17.8. The molecule has 1 N–H and O–H groups in total. The lowest BCUT2D eigenvalue weighted by molar-refractivity contribution is 0.410. The molecule has 0 saturated carbocycles. The summed E-state index contributed by atoms with van der Waals surface area (Å²) in [6.07, 6.45) is 1.60. The Hall–Kier alpha value is -3.62. The van der Waals surface area contributed by atoms with Crippen LogP contribution in [-0.4, -0.2) is 28.2 Å². The van der Waals surface area contributed by atoms with Crippen molar-refractivity contribution in [1.29, 1.82) is 0 Å². The largest absolute Gasteiger partial charge is 0.494 e. The molecule has 0 radical (unpaired) electrons. The van der Waals surface area contributed by atoms with Crippen molar-refractivity contribution < 1.29 is 5.11 Å². The van der Waals surface area contributed by atoms with Crippen molar-refractivity contribution in [3.05, 3.63) is 61.5 Å². The first-order chi connectivity index (χ1) is 15.0. The average molecular weight is 423 g/mol. The summed E-state index contributed by atoms with van der Waals surface area (Å²) in [4.78, 5) is 44.1. The predicted molar refractivity (Wildman–Crippen MR) is 119 cm³/mol. The number of aryl methyl sites for hydroxylation is 2. The Morgan fingerprint density at radius 1 is 0.903 bits per heavy atom. The molecule has 0 fully saturated rings. The third-order valence-corrected chi connectivity index (χ3v) is 5.57. The Labute approximate surface area is 177 Å². The number of fused-ring (bicyclic) bond motifs is 3. The molecule has 162 valence electrons. The highest BCUT2D eigenvalue weighted by Gasteiger charge is 2.25. The van der Waals surface area contributed by atoms with E-state index in [2.05, 4.69) is 4.98 Å². The summed E-state index contributed by atoms with van der Waals surface area (Å²) in [7, 11) is 0. The van der Waals surface area contributed by atoms with Crippen molar-refractivity contribution >= 4 is 16.9 Å². The monoisotopic (exact) mass is 423 g/mol. The van der Waals surface area contributed by atoms with Crippen molar-refractivity contribution in [2.45, 2.75) is 53.2 Å². The van der Waals surface area contributed by atoms with Crippen LogP contribution in [0.5, 0.6) is 5.88 Å². The van der Waals surface area contributed by atoms with Gasteiger partial charge in [0.1, 0.15) is 5.56 Å². The lowest BCUT2D eigenvalue weighted by Crippen LogP contribution is -2.40. The molecule has 31 heavy (non-hydrogen) atoms. The number of aromatic nitrogens is 5. The van der Waals surface area contributed by atoms with E-state index in [1.54, 1.807) is 42.7 Å². The van der Waals surface area contributed by atoms with Gasteiger partial charge in [-0.15, -0.1) is 0 Å². The number of hydrogen-bond donors (Lipinski definition) is 1. The molecular formula is C22H25N5O4. The highest BCUT2D eigenvalue weighted by molar-refractivity contribution is 5.78. The van der Waals surface area contributed by atoms with Crippen LogP contribution in [-0.2, 0) is 19.6 Å². The average Bonchev–Trinajstić information content (AvgIpc) is 3.16. The van der Waals surface area contributed by atoms with Crippen LogP contribution in [0.25, 0.3) is 28.1 Å². The highest BCUT2D eigenvalue weighted by atomic mass is 16.3. The molecule has 3 heterocycles. The second kappa shape index (κ2) is 7.90. The summed E-state index contributed by atoms with van der Waals surface area (Å²) in [5, 5.41) is 11.1. The SMILES string of the molecule is CCCCn1c(O)c(-c2ccccc2)c(=O)n2c3c(=O)n(CC)c(=O)n(CC)c3nc12. The van der Waals surface area contributed by atoms with Gasteiger partial charge in [-0.25, -0.2) is 9.20 Å². The Morgan fingerprint density at radius 3 is 2.19 bits per heavy atom. The number of aromatic hydroxyl groups is 1. The molecule has 0 atom stereocenters. The maximum absolute atomic E-state index is 13.6. The lowest BCUT2D eigenvalue weighted by Gasteiger charge is -2.14. The molecular weight excluding hydrogens is 398 g/mol. The fourth-order valence-electron chi connectivity index (χ4n) is 3.98. The molecule has 0 aliphatic heterocycles. The Kier molecular flexibility index (Phi) is 5.26. The van der Waals surface area contributed by atoms with Gasteiger partial charge in [-0.1, -0.05) is 43.7 Å². The van der Waals surface area contributed by atoms with Crippen molar-refractivity contribution in [2.24, 2.45) is 0 Å². The smallest absolute Gasteiger partial charge is 0.332 e. The van der Waals surface area contributed by atoms with Gasteiger partial charge in [0.2, 0.25) is 11.7 Å². The second-order valence-corrected chi connectivity index (χ2v) is 7.37. The fraction of sp³-hybridized carbons (Fsp3) is 0.364. The van der Waals surface area contributed by atoms with Gasteiger partial charge in [0.05, 0.1) is 0 Å². The Morgan fingerprint density at radius 2 is 1.58 bits per heavy atom. The van der Waals surface area contributed by atoms with Gasteiger partial charge >= 0.3 is 5.69 Å². The van der Waals surface area contributed by atoms with Crippen molar-refractivity contribution in [3.63, 3.8) is 0 Å². The summed E-state index contributed by atoms with van der Waals surface area (Å²) in [6.45, 7) is 6.39. The summed E-state index contributed by atoms with van der Waals surface area (Å²) in [5.41, 5.74) is -0.747. The number of rotatable bonds is 6. The van der Waals surface area contributed by atoms with Gasteiger partial charge in [0.15, 0.2) is 11.2 Å². The summed E-state index contributed by atoms with van der Waals surface area (Å²) in [5.74, 6) is -0.0492. The third-order valence-electron chi connectivity index (χ3n) is 5.57. The minimum Gasteiger partial charge on any atom is -0.494 e. The fourth-order valence-corrected chi connectivity index (χ4v) is 3.98. The van der Waals surface area contributed by atoms with Gasteiger partial charge in [0, 0.05) is 19.6 Å². The topological polar surface area (TPSA) is 104 Å². The summed E-state index contributed by atoms with van der Waals surface area (Å²) in [6, 6.07) is 8.84. The zero-order valence-electron chi connectivity index (χ0n) is 17.8. The van der Waals surface area contributed by atoms with E-state index in [4.69, 9.17) is 0 Å². The van der Waals surface area contributed by atoms with Gasteiger partial charge in [-0.3, -0.25) is 23.3 Å². The number of nitrogens with zero attached hydrogens (tertiary/aromatic N) is 5. The van der Waals surface area contributed by atoms with Crippen LogP contribution in [0, 0.1) is 0 Å². The maximum atomic E-state index is 13.6. The highest BCUT2D eigenvalue weighted by Crippen LogP contribution is 2.28. The molecule has 1 aromatic carbocycles. The maximum Gasteiger partial charge on any atom is 0.332 e. The normalized spacial score (nSPS) is 11.6. The molecule has 4 rings (SSSR count). The van der Waals surface area contributed by atoms with Gasteiger partial charge < -0.3 is 5.11 Å². The van der Waals surface area contributed by atoms with Gasteiger partial charge in [0.25, 0.3) is 11.1 Å². The molecule has 3 aromatic heterocycles. The quantitative estimate of drug-likeness (QED) is 0.512.